The highest BCUT2D eigenvalue weighted by Crippen LogP contribution is 2.26. The average Bonchev–Trinajstić information content (AvgIpc) is 3.54. The summed E-state index contributed by atoms with van der Waals surface area (Å²) in [6.45, 7) is 5.73. The smallest absolute Gasteiger partial charge is 0.291 e. The van der Waals surface area contributed by atoms with E-state index in [1.54, 1.807) is 12.1 Å². The summed E-state index contributed by atoms with van der Waals surface area (Å²) < 4.78 is 16.7. The molecule has 1 N–H and O–H groups in total. The summed E-state index contributed by atoms with van der Waals surface area (Å²) in [4.78, 5) is 24.0. The van der Waals surface area contributed by atoms with Crippen LogP contribution < -0.4 is 10.2 Å². The summed E-state index contributed by atoms with van der Waals surface area (Å²) in [7, 11) is 0. The second-order valence-corrected chi connectivity index (χ2v) is 8.34. The molecular formula is C23H24FN7O. The molecule has 8 nitrogen and oxygen atoms in total. The molecule has 1 saturated heterocycles. The Labute approximate surface area is 184 Å². The van der Waals surface area contributed by atoms with Crippen molar-refractivity contribution in [1.29, 1.82) is 0 Å². The molecule has 9 heteroatoms. The van der Waals surface area contributed by atoms with Gasteiger partial charge in [0.2, 0.25) is 5.82 Å². The molecule has 4 aromatic rings. The number of carbonyl (C=O) groups is 1. The number of amides is 1. The first-order valence-electron chi connectivity index (χ1n) is 10.7. The Morgan fingerprint density at radius 1 is 1.22 bits per heavy atom. The van der Waals surface area contributed by atoms with Crippen LogP contribution in [-0.4, -0.2) is 49.2 Å². The van der Waals surface area contributed by atoms with E-state index in [0.717, 1.165) is 30.0 Å². The van der Waals surface area contributed by atoms with Crippen LogP contribution >= 0.6 is 0 Å². The van der Waals surface area contributed by atoms with Crippen LogP contribution in [0, 0.1) is 5.82 Å². The molecule has 0 unspecified atom stereocenters. The number of nitrogens with zero attached hydrogens (tertiary/aromatic N) is 6. The van der Waals surface area contributed by atoms with E-state index in [1.165, 1.54) is 23.1 Å². The summed E-state index contributed by atoms with van der Waals surface area (Å²) in [6.07, 6.45) is 6.37. The number of nitrogens with one attached hydrogen (secondary N) is 1. The van der Waals surface area contributed by atoms with Gasteiger partial charge in [0.05, 0.1) is 16.9 Å². The Balaban J connectivity index is 1.29. The SMILES string of the molecule is CC(C)c1cn2cccc2c(N2CC[C@H](NC(=O)c3ncn(-c4ccc(F)cc4)n3)C2)n1. The number of rotatable bonds is 5. The lowest BCUT2D eigenvalue weighted by Crippen LogP contribution is -2.37. The Bertz CT molecular complexity index is 1260. The number of halogens is 1. The van der Waals surface area contributed by atoms with E-state index in [2.05, 4.69) is 50.8 Å². The standard InChI is InChI=1S/C23H24FN7O/c1-15(2)19-13-29-10-3-4-20(29)22(27-19)30-11-9-17(12-30)26-23(32)21-25-14-31(28-21)18-7-5-16(24)6-8-18/h3-8,10,13-15,17H,9,11-12H2,1-2H3,(H,26,32)/t17-/m0/s1. The van der Waals surface area contributed by atoms with Gasteiger partial charge in [-0.15, -0.1) is 5.10 Å². The fourth-order valence-electron chi connectivity index (χ4n) is 3.96. The number of hydrogen-bond donors (Lipinski definition) is 1. The third-order valence-electron chi connectivity index (χ3n) is 5.72. The predicted octanol–water partition coefficient (Wildman–Crippen LogP) is 3.19. The van der Waals surface area contributed by atoms with Crippen LogP contribution in [0.15, 0.2) is 55.1 Å². The van der Waals surface area contributed by atoms with E-state index in [4.69, 9.17) is 4.98 Å². The quantitative estimate of drug-likeness (QED) is 0.523. The van der Waals surface area contributed by atoms with Gasteiger partial charge in [0, 0.05) is 31.5 Å². The minimum absolute atomic E-state index is 0.0280. The topological polar surface area (TPSA) is 80.4 Å². The zero-order valence-electron chi connectivity index (χ0n) is 17.9. The summed E-state index contributed by atoms with van der Waals surface area (Å²) in [5, 5.41) is 7.27. The fourth-order valence-corrected chi connectivity index (χ4v) is 3.96. The molecule has 3 aromatic heterocycles. The van der Waals surface area contributed by atoms with Gasteiger partial charge in [0.15, 0.2) is 5.82 Å². The molecule has 4 heterocycles. The van der Waals surface area contributed by atoms with Gasteiger partial charge in [0.25, 0.3) is 5.91 Å². The van der Waals surface area contributed by atoms with Crippen molar-refractivity contribution in [3.8, 4) is 5.69 Å². The average molecular weight is 433 g/mol. The molecule has 1 aromatic carbocycles. The number of carbonyl (C=O) groups excluding carboxylic acids is 1. The minimum Gasteiger partial charge on any atom is -0.353 e. The van der Waals surface area contributed by atoms with Crippen molar-refractivity contribution in [2.75, 3.05) is 18.0 Å². The van der Waals surface area contributed by atoms with Crippen molar-refractivity contribution in [3.63, 3.8) is 0 Å². The fraction of sp³-hybridized carbons (Fsp3) is 0.304. The molecule has 0 bridgehead atoms. The first-order chi connectivity index (χ1) is 15.5. The normalized spacial score (nSPS) is 16.2. The zero-order valence-corrected chi connectivity index (χ0v) is 17.9. The van der Waals surface area contributed by atoms with E-state index in [9.17, 15) is 9.18 Å². The highest BCUT2D eigenvalue weighted by Gasteiger charge is 2.28. The molecule has 1 amide bonds. The van der Waals surface area contributed by atoms with Gasteiger partial charge in [0.1, 0.15) is 12.1 Å². The maximum Gasteiger partial charge on any atom is 0.291 e. The van der Waals surface area contributed by atoms with E-state index >= 15 is 0 Å². The molecule has 1 atom stereocenters. The number of benzene rings is 1. The minimum atomic E-state index is -0.330. The van der Waals surface area contributed by atoms with Crippen molar-refractivity contribution in [2.45, 2.75) is 32.2 Å². The zero-order chi connectivity index (χ0) is 22.2. The summed E-state index contributed by atoms with van der Waals surface area (Å²) in [6, 6.07) is 9.90. The van der Waals surface area contributed by atoms with E-state index in [1.807, 2.05) is 12.3 Å². The Hall–Kier alpha value is -3.75. The van der Waals surface area contributed by atoms with Gasteiger partial charge in [-0.2, -0.15) is 0 Å². The molecule has 0 radical (unpaired) electrons. The van der Waals surface area contributed by atoms with E-state index < -0.39 is 0 Å². The second-order valence-electron chi connectivity index (χ2n) is 8.34. The Morgan fingerprint density at radius 3 is 2.81 bits per heavy atom. The monoisotopic (exact) mass is 433 g/mol. The first kappa shape index (κ1) is 20.2. The van der Waals surface area contributed by atoms with Gasteiger partial charge in [-0.1, -0.05) is 13.8 Å². The van der Waals surface area contributed by atoms with Crippen LogP contribution in [0.3, 0.4) is 0 Å². The van der Waals surface area contributed by atoms with Crippen molar-refractivity contribution < 1.29 is 9.18 Å². The molecule has 0 aliphatic carbocycles. The molecule has 0 spiro atoms. The highest BCUT2D eigenvalue weighted by atomic mass is 19.1. The molecule has 164 valence electrons. The van der Waals surface area contributed by atoms with Crippen molar-refractivity contribution in [3.05, 3.63) is 72.5 Å². The number of fused-ring (bicyclic) bond motifs is 1. The molecule has 5 rings (SSSR count). The van der Waals surface area contributed by atoms with E-state index in [-0.39, 0.29) is 23.6 Å². The lowest BCUT2D eigenvalue weighted by molar-refractivity contribution is 0.0930. The first-order valence-corrected chi connectivity index (χ1v) is 10.7. The highest BCUT2D eigenvalue weighted by molar-refractivity contribution is 5.90. The molecule has 1 aliphatic heterocycles. The lowest BCUT2D eigenvalue weighted by atomic mass is 10.1. The third kappa shape index (κ3) is 3.81. The molecule has 32 heavy (non-hydrogen) atoms. The van der Waals surface area contributed by atoms with Gasteiger partial charge in [-0.3, -0.25) is 4.79 Å². The Morgan fingerprint density at radius 2 is 2.03 bits per heavy atom. The van der Waals surface area contributed by atoms with E-state index in [0.29, 0.717) is 18.2 Å². The summed E-state index contributed by atoms with van der Waals surface area (Å²) >= 11 is 0. The van der Waals surface area contributed by atoms with Crippen LogP contribution in [0.5, 0.6) is 0 Å². The predicted molar refractivity (Wildman–Crippen MR) is 119 cm³/mol. The third-order valence-corrected chi connectivity index (χ3v) is 5.72. The van der Waals surface area contributed by atoms with Crippen molar-refractivity contribution in [1.82, 2.24) is 29.5 Å². The lowest BCUT2D eigenvalue weighted by Gasteiger charge is -2.21. The van der Waals surface area contributed by atoms with Gasteiger partial charge < -0.3 is 14.6 Å². The number of anilines is 1. The van der Waals surface area contributed by atoms with Crippen LogP contribution in [0.25, 0.3) is 11.2 Å². The number of aromatic nitrogens is 5. The molecule has 0 saturated carbocycles. The number of hydrogen-bond acceptors (Lipinski definition) is 5. The maximum absolute atomic E-state index is 13.1. The maximum atomic E-state index is 13.1. The van der Waals surface area contributed by atoms with Crippen LogP contribution in [-0.2, 0) is 0 Å². The Kier molecular flexibility index (Phi) is 5.08. The van der Waals surface area contributed by atoms with Crippen LogP contribution in [0.4, 0.5) is 10.2 Å². The summed E-state index contributed by atoms with van der Waals surface area (Å²) in [5.74, 6) is 0.692. The van der Waals surface area contributed by atoms with Crippen molar-refractivity contribution in [2.24, 2.45) is 0 Å². The van der Waals surface area contributed by atoms with Gasteiger partial charge >= 0.3 is 0 Å². The largest absolute Gasteiger partial charge is 0.353 e. The summed E-state index contributed by atoms with van der Waals surface area (Å²) in [5.41, 5.74) is 2.73. The van der Waals surface area contributed by atoms with Crippen LogP contribution in [0.2, 0.25) is 0 Å². The van der Waals surface area contributed by atoms with Gasteiger partial charge in [-0.05, 0) is 48.7 Å². The molecule has 1 fully saturated rings. The van der Waals surface area contributed by atoms with Crippen molar-refractivity contribution >= 4 is 17.2 Å². The second kappa shape index (κ2) is 8.07. The van der Waals surface area contributed by atoms with Crippen LogP contribution in [0.1, 0.15) is 42.5 Å². The molecular weight excluding hydrogens is 409 g/mol. The van der Waals surface area contributed by atoms with Gasteiger partial charge in [-0.25, -0.2) is 19.0 Å². The molecule has 1 aliphatic rings.